The van der Waals surface area contributed by atoms with Crippen LogP contribution in [0.2, 0.25) is 0 Å². The van der Waals surface area contributed by atoms with Crippen LogP contribution in [0.15, 0.2) is 24.3 Å². The van der Waals surface area contributed by atoms with Crippen LogP contribution in [0.1, 0.15) is 30.2 Å². The Balaban J connectivity index is 1.91. The van der Waals surface area contributed by atoms with E-state index in [1.54, 1.807) is 21.3 Å². The molecule has 1 fully saturated rings. The Hall–Kier alpha value is -1.56. The van der Waals surface area contributed by atoms with Crippen molar-refractivity contribution in [3.8, 4) is 11.5 Å². The first-order valence-electron chi connectivity index (χ1n) is 8.07. The molecule has 0 aromatic heterocycles. The number of benzene rings is 1. The van der Waals surface area contributed by atoms with Gasteiger partial charge in [0.2, 0.25) is 0 Å². The van der Waals surface area contributed by atoms with Crippen molar-refractivity contribution in [2.75, 3.05) is 27.9 Å². The van der Waals surface area contributed by atoms with E-state index in [9.17, 15) is 5.11 Å². The Bertz CT molecular complexity index is 659. The predicted molar refractivity (Wildman–Crippen MR) is 85.8 cm³/mol. The molecule has 0 spiro atoms. The molecule has 5 atom stereocenters. The third-order valence-electron chi connectivity index (χ3n) is 5.79. The van der Waals surface area contributed by atoms with Gasteiger partial charge in [0.05, 0.1) is 20.3 Å². The molecule has 4 rings (SSSR count). The van der Waals surface area contributed by atoms with Crippen LogP contribution in [-0.4, -0.2) is 50.0 Å². The Morgan fingerprint density at radius 2 is 1.91 bits per heavy atom. The number of nitrogens with zero attached hydrogens (tertiary/aromatic N) is 1. The third kappa shape index (κ3) is 1.90. The van der Waals surface area contributed by atoms with Crippen molar-refractivity contribution in [2.45, 2.75) is 36.6 Å². The van der Waals surface area contributed by atoms with Crippen molar-refractivity contribution in [1.29, 1.82) is 0 Å². The number of ether oxygens (including phenoxy) is 3. The topological polar surface area (TPSA) is 51.2 Å². The quantitative estimate of drug-likeness (QED) is 0.864. The Morgan fingerprint density at radius 1 is 1.17 bits per heavy atom. The number of aliphatic hydroxyl groups is 1. The van der Waals surface area contributed by atoms with Crippen LogP contribution in [0.25, 0.3) is 0 Å². The molecule has 0 amide bonds. The van der Waals surface area contributed by atoms with E-state index >= 15 is 0 Å². The molecular weight excluding hydrogens is 294 g/mol. The highest BCUT2D eigenvalue weighted by molar-refractivity contribution is 5.55. The maximum Gasteiger partial charge on any atom is 0.161 e. The van der Waals surface area contributed by atoms with Crippen molar-refractivity contribution in [2.24, 2.45) is 0 Å². The van der Waals surface area contributed by atoms with Gasteiger partial charge in [0.25, 0.3) is 0 Å². The zero-order chi connectivity index (χ0) is 16.2. The van der Waals surface area contributed by atoms with Gasteiger partial charge >= 0.3 is 0 Å². The number of aliphatic hydroxyl groups excluding tert-OH is 1. The minimum atomic E-state index is -0.602. The average Bonchev–Trinajstić information content (AvgIpc) is 2.94. The zero-order valence-electron chi connectivity index (χ0n) is 13.8. The predicted octanol–water partition coefficient (Wildman–Crippen LogP) is 2.00. The standard InChI is InChI=1S/C18H23NO4/c1-21-11-4-5-18-6-7-19(16(18)8-11)17(20)12-9-14(22-2)15(23-3)10-13(12)18/h4-5,9-11,16-17,20H,6-8H2,1-3H3/t11-,16+,17?,18+/m1/s1. The van der Waals surface area contributed by atoms with Gasteiger partial charge in [-0.1, -0.05) is 12.2 Å². The molecule has 23 heavy (non-hydrogen) atoms. The molecule has 2 aliphatic heterocycles. The molecule has 5 nitrogen and oxygen atoms in total. The van der Waals surface area contributed by atoms with Gasteiger partial charge in [-0.05, 0) is 30.5 Å². The van der Waals surface area contributed by atoms with Gasteiger partial charge in [0.15, 0.2) is 11.5 Å². The molecule has 2 unspecified atom stereocenters. The number of rotatable bonds is 3. The molecule has 124 valence electrons. The summed E-state index contributed by atoms with van der Waals surface area (Å²) in [7, 11) is 5.02. The minimum absolute atomic E-state index is 0.0663. The van der Waals surface area contributed by atoms with Crippen molar-refractivity contribution < 1.29 is 19.3 Å². The zero-order valence-corrected chi connectivity index (χ0v) is 13.8. The molecule has 0 radical (unpaired) electrons. The molecule has 1 aromatic rings. The van der Waals surface area contributed by atoms with Gasteiger partial charge in [-0.15, -0.1) is 0 Å². The van der Waals surface area contributed by atoms with Crippen molar-refractivity contribution in [1.82, 2.24) is 4.90 Å². The van der Waals surface area contributed by atoms with E-state index < -0.39 is 6.23 Å². The summed E-state index contributed by atoms with van der Waals surface area (Å²) in [4.78, 5) is 2.20. The summed E-state index contributed by atoms with van der Waals surface area (Å²) in [6, 6.07) is 4.23. The normalized spacial score (nSPS) is 37.2. The molecule has 1 saturated heterocycles. The van der Waals surface area contributed by atoms with Crippen LogP contribution >= 0.6 is 0 Å². The van der Waals surface area contributed by atoms with Crippen LogP contribution in [-0.2, 0) is 10.2 Å². The van der Waals surface area contributed by atoms with E-state index in [-0.39, 0.29) is 17.6 Å². The SMILES string of the molecule is COc1cc2c(cc1OC)[C@@]13C=C[C@@H](OC)C[C@@H]1N(CC3)C2O. The van der Waals surface area contributed by atoms with Gasteiger partial charge in [-0.2, -0.15) is 0 Å². The number of hydrogen-bond donors (Lipinski definition) is 1. The number of fused-ring (bicyclic) bond motifs is 1. The molecule has 0 saturated carbocycles. The molecule has 1 aliphatic carbocycles. The lowest BCUT2D eigenvalue weighted by Gasteiger charge is -2.47. The fourth-order valence-electron chi connectivity index (χ4n) is 4.61. The fourth-order valence-corrected chi connectivity index (χ4v) is 4.61. The molecule has 2 bridgehead atoms. The summed E-state index contributed by atoms with van der Waals surface area (Å²) in [5.74, 6) is 1.38. The molecule has 5 heteroatoms. The summed E-state index contributed by atoms with van der Waals surface area (Å²) < 4.78 is 16.4. The summed E-state index contributed by atoms with van der Waals surface area (Å²) in [6.07, 6.45) is 5.86. The second-order valence-corrected chi connectivity index (χ2v) is 6.58. The van der Waals surface area contributed by atoms with Gasteiger partial charge in [-0.3, -0.25) is 4.90 Å². The fraction of sp³-hybridized carbons (Fsp3) is 0.556. The van der Waals surface area contributed by atoms with Crippen molar-refractivity contribution in [3.63, 3.8) is 0 Å². The molecule has 2 heterocycles. The second kappa shape index (κ2) is 5.23. The third-order valence-corrected chi connectivity index (χ3v) is 5.79. The first-order chi connectivity index (χ1) is 11.1. The lowest BCUT2D eigenvalue weighted by Crippen LogP contribution is -2.51. The number of hydrogen-bond acceptors (Lipinski definition) is 5. The summed E-state index contributed by atoms with van der Waals surface area (Å²) in [5, 5.41) is 10.9. The van der Waals surface area contributed by atoms with Gasteiger partial charge < -0.3 is 19.3 Å². The van der Waals surface area contributed by atoms with Crippen molar-refractivity contribution >= 4 is 0 Å². The van der Waals surface area contributed by atoms with E-state index in [0.29, 0.717) is 11.5 Å². The minimum Gasteiger partial charge on any atom is -0.493 e. The van der Waals surface area contributed by atoms with Crippen LogP contribution in [0, 0.1) is 0 Å². The maximum absolute atomic E-state index is 10.9. The Kier molecular flexibility index (Phi) is 3.41. The first-order valence-corrected chi connectivity index (χ1v) is 8.07. The largest absolute Gasteiger partial charge is 0.493 e. The van der Waals surface area contributed by atoms with E-state index in [2.05, 4.69) is 17.1 Å². The van der Waals surface area contributed by atoms with Gasteiger partial charge in [0.1, 0.15) is 6.23 Å². The number of methoxy groups -OCH3 is 3. The van der Waals surface area contributed by atoms with E-state index in [0.717, 1.165) is 30.5 Å². The molecular formula is C18H23NO4. The first kappa shape index (κ1) is 15.0. The smallest absolute Gasteiger partial charge is 0.161 e. The van der Waals surface area contributed by atoms with Crippen molar-refractivity contribution in [3.05, 3.63) is 35.4 Å². The molecule has 1 aromatic carbocycles. The molecule has 3 aliphatic rings. The Labute approximate surface area is 136 Å². The van der Waals surface area contributed by atoms with Crippen LogP contribution in [0.4, 0.5) is 0 Å². The monoisotopic (exact) mass is 317 g/mol. The van der Waals surface area contributed by atoms with E-state index in [1.165, 1.54) is 0 Å². The van der Waals surface area contributed by atoms with Crippen LogP contribution < -0.4 is 9.47 Å². The van der Waals surface area contributed by atoms with Gasteiger partial charge in [0, 0.05) is 30.7 Å². The van der Waals surface area contributed by atoms with E-state index in [4.69, 9.17) is 14.2 Å². The van der Waals surface area contributed by atoms with E-state index in [1.807, 2.05) is 12.1 Å². The molecule has 1 N–H and O–H groups in total. The van der Waals surface area contributed by atoms with Crippen LogP contribution in [0.3, 0.4) is 0 Å². The lowest BCUT2D eigenvalue weighted by molar-refractivity contribution is -0.0400. The summed E-state index contributed by atoms with van der Waals surface area (Å²) in [6.45, 7) is 0.881. The maximum atomic E-state index is 10.9. The highest BCUT2D eigenvalue weighted by atomic mass is 16.5. The summed E-state index contributed by atoms with van der Waals surface area (Å²) >= 11 is 0. The van der Waals surface area contributed by atoms with Crippen LogP contribution in [0.5, 0.6) is 11.5 Å². The lowest BCUT2D eigenvalue weighted by atomic mass is 9.66. The van der Waals surface area contributed by atoms with Gasteiger partial charge in [-0.25, -0.2) is 0 Å². The average molecular weight is 317 g/mol. The summed E-state index contributed by atoms with van der Waals surface area (Å²) in [5.41, 5.74) is 2.02. The highest BCUT2D eigenvalue weighted by Crippen LogP contribution is 2.55. The highest BCUT2D eigenvalue weighted by Gasteiger charge is 2.56. The Morgan fingerprint density at radius 3 is 2.61 bits per heavy atom. The second-order valence-electron chi connectivity index (χ2n) is 6.58.